The summed E-state index contributed by atoms with van der Waals surface area (Å²) in [7, 11) is 0. The predicted molar refractivity (Wildman–Crippen MR) is 60.4 cm³/mol. The fourth-order valence-electron chi connectivity index (χ4n) is 1.39. The smallest absolute Gasteiger partial charge is 0.287 e. The van der Waals surface area contributed by atoms with Gasteiger partial charge in [0.25, 0.3) is 5.56 Å². The molecule has 82 valence electrons. The molecule has 0 spiro atoms. The van der Waals surface area contributed by atoms with Crippen LogP contribution < -0.4 is 10.9 Å². The van der Waals surface area contributed by atoms with E-state index in [2.05, 4.69) is 10.4 Å². The fraction of sp³-hybridized carbons (Fsp3) is 0.600. The minimum atomic E-state index is -0.222. The average molecular weight is 228 g/mol. The van der Waals surface area contributed by atoms with Crippen molar-refractivity contribution in [3.05, 3.63) is 21.6 Å². The molecule has 2 rings (SSSR count). The van der Waals surface area contributed by atoms with Crippen LogP contribution in [0, 0.1) is 5.92 Å². The van der Waals surface area contributed by atoms with Crippen molar-refractivity contribution in [2.75, 3.05) is 11.9 Å². The highest BCUT2D eigenvalue weighted by molar-refractivity contribution is 6.32. The Morgan fingerprint density at radius 3 is 3.00 bits per heavy atom. The van der Waals surface area contributed by atoms with E-state index >= 15 is 0 Å². The maximum atomic E-state index is 11.6. The van der Waals surface area contributed by atoms with E-state index in [0.717, 1.165) is 12.5 Å². The molecule has 1 aliphatic carbocycles. The topological polar surface area (TPSA) is 46.9 Å². The van der Waals surface area contributed by atoms with Crippen LogP contribution in [0.5, 0.6) is 0 Å². The van der Waals surface area contributed by atoms with Crippen LogP contribution in [0.3, 0.4) is 0 Å². The van der Waals surface area contributed by atoms with E-state index in [9.17, 15) is 4.79 Å². The third-order valence-electron chi connectivity index (χ3n) is 2.56. The molecule has 0 aliphatic heterocycles. The third kappa shape index (κ3) is 2.31. The second kappa shape index (κ2) is 4.23. The number of nitrogens with one attached hydrogen (secondary N) is 1. The maximum Gasteiger partial charge on any atom is 0.287 e. The lowest BCUT2D eigenvalue weighted by Gasteiger charge is -2.08. The van der Waals surface area contributed by atoms with Gasteiger partial charge < -0.3 is 5.32 Å². The van der Waals surface area contributed by atoms with Crippen LogP contribution in [0.1, 0.15) is 19.8 Å². The summed E-state index contributed by atoms with van der Waals surface area (Å²) < 4.78 is 1.35. The van der Waals surface area contributed by atoms with Gasteiger partial charge in [0.05, 0.1) is 11.9 Å². The number of rotatable bonds is 4. The molecule has 0 aromatic carbocycles. The second-order valence-corrected chi connectivity index (χ2v) is 4.20. The minimum Gasteiger partial charge on any atom is -0.382 e. The van der Waals surface area contributed by atoms with Crippen molar-refractivity contribution in [3.63, 3.8) is 0 Å². The SMILES string of the molecule is CCn1ncc(NCC2CC2)c(Cl)c1=O. The number of nitrogens with zero attached hydrogens (tertiary/aromatic N) is 2. The van der Waals surface area contributed by atoms with Gasteiger partial charge in [0.15, 0.2) is 0 Å². The van der Waals surface area contributed by atoms with E-state index in [-0.39, 0.29) is 10.6 Å². The lowest BCUT2D eigenvalue weighted by atomic mass is 10.4. The first-order valence-electron chi connectivity index (χ1n) is 5.22. The van der Waals surface area contributed by atoms with Crippen molar-refractivity contribution in [3.8, 4) is 0 Å². The Kier molecular flexibility index (Phi) is 2.95. The number of halogens is 1. The normalized spacial score (nSPS) is 15.3. The van der Waals surface area contributed by atoms with E-state index in [1.807, 2.05) is 6.92 Å². The van der Waals surface area contributed by atoms with Crippen LogP contribution in [0.2, 0.25) is 5.02 Å². The van der Waals surface area contributed by atoms with Gasteiger partial charge in [-0.2, -0.15) is 5.10 Å². The summed E-state index contributed by atoms with van der Waals surface area (Å²) in [5.41, 5.74) is 0.429. The van der Waals surface area contributed by atoms with Crippen LogP contribution in [0.4, 0.5) is 5.69 Å². The Morgan fingerprint density at radius 2 is 2.40 bits per heavy atom. The molecule has 0 atom stereocenters. The minimum absolute atomic E-state index is 0.222. The summed E-state index contributed by atoms with van der Waals surface area (Å²) in [4.78, 5) is 11.6. The molecule has 0 radical (unpaired) electrons. The molecule has 0 amide bonds. The number of aryl methyl sites for hydroxylation is 1. The van der Waals surface area contributed by atoms with Gasteiger partial charge in [0.1, 0.15) is 5.02 Å². The number of hydrogen-bond donors (Lipinski definition) is 1. The molecular formula is C10H14ClN3O. The Balaban J connectivity index is 2.16. The quantitative estimate of drug-likeness (QED) is 0.853. The van der Waals surface area contributed by atoms with E-state index in [4.69, 9.17) is 11.6 Å². The van der Waals surface area contributed by atoms with Crippen molar-refractivity contribution in [1.82, 2.24) is 9.78 Å². The number of aromatic nitrogens is 2. The first-order chi connectivity index (χ1) is 7.22. The Bertz CT molecular complexity index is 412. The van der Waals surface area contributed by atoms with Gasteiger partial charge in [-0.25, -0.2) is 4.68 Å². The van der Waals surface area contributed by atoms with E-state index < -0.39 is 0 Å². The highest BCUT2D eigenvalue weighted by atomic mass is 35.5. The van der Waals surface area contributed by atoms with Crippen molar-refractivity contribution in [2.45, 2.75) is 26.3 Å². The highest BCUT2D eigenvalue weighted by Gasteiger charge is 2.21. The van der Waals surface area contributed by atoms with Gasteiger partial charge >= 0.3 is 0 Å². The molecule has 1 N–H and O–H groups in total. The van der Waals surface area contributed by atoms with Crippen LogP contribution in [-0.4, -0.2) is 16.3 Å². The largest absolute Gasteiger partial charge is 0.382 e. The Hall–Kier alpha value is -1.03. The van der Waals surface area contributed by atoms with Crippen molar-refractivity contribution in [1.29, 1.82) is 0 Å². The molecule has 0 unspecified atom stereocenters. The summed E-state index contributed by atoms with van der Waals surface area (Å²) in [5.74, 6) is 0.745. The predicted octanol–water partition coefficient (Wildman–Crippen LogP) is 1.74. The molecule has 0 saturated heterocycles. The van der Waals surface area contributed by atoms with Gasteiger partial charge in [-0.1, -0.05) is 11.6 Å². The monoisotopic (exact) mass is 227 g/mol. The zero-order valence-corrected chi connectivity index (χ0v) is 9.42. The highest BCUT2D eigenvalue weighted by Crippen LogP contribution is 2.29. The summed E-state index contributed by atoms with van der Waals surface area (Å²) in [5, 5.41) is 7.42. The van der Waals surface area contributed by atoms with Crippen LogP contribution >= 0.6 is 11.6 Å². The van der Waals surface area contributed by atoms with Gasteiger partial charge in [0, 0.05) is 13.1 Å². The van der Waals surface area contributed by atoms with E-state index in [1.165, 1.54) is 17.5 Å². The van der Waals surface area contributed by atoms with Gasteiger partial charge in [-0.15, -0.1) is 0 Å². The summed E-state index contributed by atoms with van der Waals surface area (Å²) in [6, 6.07) is 0. The van der Waals surface area contributed by atoms with Crippen molar-refractivity contribution < 1.29 is 0 Å². The average Bonchev–Trinajstić information content (AvgIpc) is 3.04. The Morgan fingerprint density at radius 1 is 1.67 bits per heavy atom. The summed E-state index contributed by atoms with van der Waals surface area (Å²) in [6.07, 6.45) is 4.16. The molecule has 1 fully saturated rings. The molecule has 1 heterocycles. The molecule has 5 heteroatoms. The van der Waals surface area contributed by atoms with Crippen molar-refractivity contribution in [2.24, 2.45) is 5.92 Å². The fourth-order valence-corrected chi connectivity index (χ4v) is 1.60. The van der Waals surface area contributed by atoms with Gasteiger partial charge in [-0.3, -0.25) is 4.79 Å². The molecule has 15 heavy (non-hydrogen) atoms. The van der Waals surface area contributed by atoms with Crippen molar-refractivity contribution >= 4 is 17.3 Å². The zero-order chi connectivity index (χ0) is 10.8. The van der Waals surface area contributed by atoms with E-state index in [1.54, 1.807) is 6.20 Å². The molecule has 0 bridgehead atoms. The molecule has 1 saturated carbocycles. The maximum absolute atomic E-state index is 11.6. The summed E-state index contributed by atoms with van der Waals surface area (Å²) >= 11 is 5.95. The summed E-state index contributed by atoms with van der Waals surface area (Å²) in [6.45, 7) is 3.29. The lowest BCUT2D eigenvalue weighted by molar-refractivity contribution is 0.616. The first kappa shape index (κ1) is 10.5. The zero-order valence-electron chi connectivity index (χ0n) is 8.66. The molecule has 1 aromatic heterocycles. The molecule has 1 aromatic rings. The molecule has 1 aliphatic rings. The first-order valence-corrected chi connectivity index (χ1v) is 5.59. The van der Waals surface area contributed by atoms with Gasteiger partial charge in [-0.05, 0) is 25.7 Å². The molecular weight excluding hydrogens is 214 g/mol. The lowest BCUT2D eigenvalue weighted by Crippen LogP contribution is -2.23. The van der Waals surface area contributed by atoms with E-state index in [0.29, 0.717) is 12.2 Å². The van der Waals surface area contributed by atoms with Crippen LogP contribution in [-0.2, 0) is 6.54 Å². The third-order valence-corrected chi connectivity index (χ3v) is 2.93. The van der Waals surface area contributed by atoms with Crippen LogP contribution in [0.15, 0.2) is 11.0 Å². The standard InChI is InChI=1S/C10H14ClN3O/c1-2-14-10(15)9(11)8(6-13-14)12-5-7-3-4-7/h6-7,12H,2-5H2,1H3. The van der Waals surface area contributed by atoms with Gasteiger partial charge in [0.2, 0.25) is 0 Å². The molecule has 4 nitrogen and oxygen atoms in total. The Labute approximate surface area is 93.2 Å². The van der Waals surface area contributed by atoms with Crippen LogP contribution in [0.25, 0.3) is 0 Å². The second-order valence-electron chi connectivity index (χ2n) is 3.82. The number of anilines is 1. The number of hydrogen-bond acceptors (Lipinski definition) is 3.